The Bertz CT molecular complexity index is 199. The van der Waals surface area contributed by atoms with E-state index in [0.717, 1.165) is 18.5 Å². The van der Waals surface area contributed by atoms with Gasteiger partial charge in [0.15, 0.2) is 0 Å². The molecule has 2 heteroatoms. The summed E-state index contributed by atoms with van der Waals surface area (Å²) >= 11 is 0. The summed E-state index contributed by atoms with van der Waals surface area (Å²) in [4.78, 5) is 2.77. The monoisotopic (exact) mass is 254 g/mol. The third kappa shape index (κ3) is 4.55. The van der Waals surface area contributed by atoms with Crippen molar-refractivity contribution in [3.05, 3.63) is 0 Å². The van der Waals surface area contributed by atoms with Crippen LogP contribution in [0.1, 0.15) is 66.2 Å². The molecule has 1 heterocycles. The van der Waals surface area contributed by atoms with Crippen molar-refractivity contribution in [2.24, 2.45) is 5.92 Å². The molecule has 1 aliphatic rings. The van der Waals surface area contributed by atoms with E-state index in [0.29, 0.717) is 6.04 Å². The zero-order valence-corrected chi connectivity index (χ0v) is 13.0. The van der Waals surface area contributed by atoms with Crippen LogP contribution in [-0.2, 0) is 0 Å². The molecule has 1 fully saturated rings. The second-order valence-corrected chi connectivity index (χ2v) is 5.87. The van der Waals surface area contributed by atoms with Crippen LogP contribution in [0, 0.1) is 5.92 Å². The topological polar surface area (TPSA) is 15.3 Å². The van der Waals surface area contributed by atoms with Crippen LogP contribution in [0.15, 0.2) is 0 Å². The normalized spacial score (nSPS) is 24.3. The summed E-state index contributed by atoms with van der Waals surface area (Å²) in [6, 6.07) is 1.46. The first-order chi connectivity index (χ1) is 8.76. The number of nitrogens with zero attached hydrogens (tertiary/aromatic N) is 1. The fourth-order valence-electron chi connectivity index (χ4n) is 3.61. The predicted octanol–water partition coefficient (Wildman–Crippen LogP) is 3.67. The zero-order valence-electron chi connectivity index (χ0n) is 13.0. The van der Waals surface area contributed by atoms with E-state index in [1.807, 2.05) is 0 Å². The lowest BCUT2D eigenvalue weighted by molar-refractivity contribution is 0.173. The lowest BCUT2D eigenvalue weighted by Crippen LogP contribution is -2.49. The molecule has 0 bridgehead atoms. The van der Waals surface area contributed by atoms with Gasteiger partial charge in [-0.1, -0.05) is 40.5 Å². The van der Waals surface area contributed by atoms with Crippen molar-refractivity contribution in [1.29, 1.82) is 0 Å². The molecule has 0 aromatic rings. The van der Waals surface area contributed by atoms with Crippen molar-refractivity contribution in [3.8, 4) is 0 Å². The molecule has 2 nitrogen and oxygen atoms in total. The maximum atomic E-state index is 3.72. The highest BCUT2D eigenvalue weighted by atomic mass is 15.2. The molecule has 3 atom stereocenters. The second-order valence-electron chi connectivity index (χ2n) is 5.87. The average Bonchev–Trinajstić information content (AvgIpc) is 2.80. The molecule has 1 aliphatic heterocycles. The van der Waals surface area contributed by atoms with Crippen molar-refractivity contribution < 1.29 is 0 Å². The Morgan fingerprint density at radius 1 is 1.17 bits per heavy atom. The first-order valence-corrected chi connectivity index (χ1v) is 8.24. The highest BCUT2D eigenvalue weighted by Gasteiger charge is 2.30. The van der Waals surface area contributed by atoms with Crippen LogP contribution in [0.5, 0.6) is 0 Å². The van der Waals surface area contributed by atoms with Crippen molar-refractivity contribution in [2.75, 3.05) is 19.6 Å². The Kier molecular flexibility index (Phi) is 7.92. The van der Waals surface area contributed by atoms with E-state index >= 15 is 0 Å². The van der Waals surface area contributed by atoms with Crippen LogP contribution >= 0.6 is 0 Å². The predicted molar refractivity (Wildman–Crippen MR) is 81.0 cm³/mol. The van der Waals surface area contributed by atoms with Gasteiger partial charge in [0.25, 0.3) is 0 Å². The Balaban J connectivity index is 2.53. The van der Waals surface area contributed by atoms with Gasteiger partial charge < -0.3 is 5.32 Å². The van der Waals surface area contributed by atoms with Gasteiger partial charge in [0.05, 0.1) is 0 Å². The summed E-state index contributed by atoms with van der Waals surface area (Å²) in [7, 11) is 0. The van der Waals surface area contributed by atoms with Crippen LogP contribution in [-0.4, -0.2) is 36.6 Å². The van der Waals surface area contributed by atoms with Crippen LogP contribution in [0.4, 0.5) is 0 Å². The third-order valence-electron chi connectivity index (χ3n) is 4.43. The highest BCUT2D eigenvalue weighted by Crippen LogP contribution is 2.25. The molecule has 0 aromatic carbocycles. The third-order valence-corrected chi connectivity index (χ3v) is 4.43. The van der Waals surface area contributed by atoms with Crippen molar-refractivity contribution in [2.45, 2.75) is 78.3 Å². The highest BCUT2D eigenvalue weighted by molar-refractivity contribution is 4.88. The maximum absolute atomic E-state index is 3.72. The maximum Gasteiger partial charge on any atom is 0.0246 e. The molecule has 0 aromatic heterocycles. The smallest absolute Gasteiger partial charge is 0.0246 e. The van der Waals surface area contributed by atoms with Crippen molar-refractivity contribution in [1.82, 2.24) is 10.2 Å². The second kappa shape index (κ2) is 8.92. The van der Waals surface area contributed by atoms with Gasteiger partial charge in [0.2, 0.25) is 0 Å². The molecule has 1 rings (SSSR count). The number of likely N-dealkylation sites (tertiary alicyclic amines) is 1. The SMILES string of the molecule is CCCC1CCN(C(CC)C(CCC)NCC)C1. The largest absolute Gasteiger partial charge is 0.313 e. The molecule has 1 N–H and O–H groups in total. The lowest BCUT2D eigenvalue weighted by Gasteiger charge is -2.34. The van der Waals surface area contributed by atoms with Crippen molar-refractivity contribution in [3.63, 3.8) is 0 Å². The Labute approximate surface area is 115 Å². The Morgan fingerprint density at radius 2 is 1.94 bits per heavy atom. The van der Waals surface area contributed by atoms with Gasteiger partial charge in [-0.3, -0.25) is 4.90 Å². The molecule has 0 amide bonds. The number of likely N-dealkylation sites (N-methyl/N-ethyl adjacent to an activating group) is 1. The number of rotatable bonds is 9. The van der Waals surface area contributed by atoms with E-state index in [1.165, 1.54) is 51.6 Å². The Hall–Kier alpha value is -0.0800. The summed E-state index contributed by atoms with van der Waals surface area (Å²) < 4.78 is 0. The molecule has 0 spiro atoms. The fourth-order valence-corrected chi connectivity index (χ4v) is 3.61. The molecule has 0 saturated carbocycles. The van der Waals surface area contributed by atoms with Crippen molar-refractivity contribution >= 4 is 0 Å². The van der Waals surface area contributed by atoms with Crippen LogP contribution in [0.25, 0.3) is 0 Å². The van der Waals surface area contributed by atoms with Crippen LogP contribution < -0.4 is 5.32 Å². The van der Waals surface area contributed by atoms with Gasteiger partial charge in [0.1, 0.15) is 0 Å². The summed E-state index contributed by atoms with van der Waals surface area (Å²) in [5.41, 5.74) is 0. The molecule has 3 unspecified atom stereocenters. The molecule has 108 valence electrons. The number of hydrogen-bond acceptors (Lipinski definition) is 2. The zero-order chi connectivity index (χ0) is 13.4. The summed E-state index contributed by atoms with van der Waals surface area (Å²) in [5.74, 6) is 0.966. The van der Waals surface area contributed by atoms with Gasteiger partial charge in [0, 0.05) is 18.6 Å². The number of nitrogens with one attached hydrogen (secondary N) is 1. The van der Waals surface area contributed by atoms with Gasteiger partial charge in [-0.15, -0.1) is 0 Å². The van der Waals surface area contributed by atoms with E-state index in [2.05, 4.69) is 37.9 Å². The summed E-state index contributed by atoms with van der Waals surface area (Å²) in [6.45, 7) is 13.0. The Morgan fingerprint density at radius 3 is 2.50 bits per heavy atom. The lowest BCUT2D eigenvalue weighted by atomic mass is 9.99. The minimum atomic E-state index is 0.699. The molecule has 0 radical (unpaired) electrons. The number of hydrogen-bond donors (Lipinski definition) is 1. The van der Waals surface area contributed by atoms with Gasteiger partial charge in [-0.05, 0) is 44.7 Å². The molecular weight excluding hydrogens is 220 g/mol. The van der Waals surface area contributed by atoms with Gasteiger partial charge >= 0.3 is 0 Å². The van der Waals surface area contributed by atoms with Gasteiger partial charge in [-0.25, -0.2) is 0 Å². The molecular formula is C16H34N2. The molecule has 0 aliphatic carbocycles. The van der Waals surface area contributed by atoms with Crippen LogP contribution in [0.2, 0.25) is 0 Å². The van der Waals surface area contributed by atoms with Gasteiger partial charge in [-0.2, -0.15) is 0 Å². The van der Waals surface area contributed by atoms with E-state index < -0.39 is 0 Å². The fraction of sp³-hybridized carbons (Fsp3) is 1.00. The molecule has 1 saturated heterocycles. The van der Waals surface area contributed by atoms with E-state index in [9.17, 15) is 0 Å². The van der Waals surface area contributed by atoms with E-state index in [4.69, 9.17) is 0 Å². The first kappa shape index (κ1) is 16.0. The van der Waals surface area contributed by atoms with Crippen LogP contribution in [0.3, 0.4) is 0 Å². The van der Waals surface area contributed by atoms with E-state index in [-0.39, 0.29) is 0 Å². The average molecular weight is 254 g/mol. The standard InChI is InChI=1S/C16H34N2/c1-5-9-14-11-12-18(13-14)16(7-3)15(10-6-2)17-8-4/h14-17H,5-13H2,1-4H3. The summed E-state index contributed by atoms with van der Waals surface area (Å²) in [6.07, 6.45) is 8.10. The molecule has 18 heavy (non-hydrogen) atoms. The summed E-state index contributed by atoms with van der Waals surface area (Å²) in [5, 5.41) is 3.72. The minimum Gasteiger partial charge on any atom is -0.313 e. The first-order valence-electron chi connectivity index (χ1n) is 8.24. The minimum absolute atomic E-state index is 0.699. The quantitative estimate of drug-likeness (QED) is 0.675. The van der Waals surface area contributed by atoms with E-state index in [1.54, 1.807) is 0 Å².